The molecule has 158 valence electrons. The van der Waals surface area contributed by atoms with E-state index in [2.05, 4.69) is 36.3 Å². The molecule has 1 aliphatic rings. The number of anilines is 1. The van der Waals surface area contributed by atoms with Gasteiger partial charge >= 0.3 is 0 Å². The number of nitrogens with zero attached hydrogens (tertiary/aromatic N) is 3. The number of unbranched alkanes of at least 4 members (excludes halogenated alkanes) is 1. The van der Waals surface area contributed by atoms with E-state index in [9.17, 15) is 4.79 Å². The lowest BCUT2D eigenvalue weighted by molar-refractivity contribution is 0.0746. The number of hydrogen-bond donors (Lipinski definition) is 0. The molecular formula is C23H27N3O2S2. The number of rotatable bonds is 7. The van der Waals surface area contributed by atoms with Crippen molar-refractivity contribution in [1.29, 1.82) is 0 Å². The Morgan fingerprint density at radius 3 is 2.60 bits per heavy atom. The molecule has 0 saturated carbocycles. The van der Waals surface area contributed by atoms with Gasteiger partial charge in [-0.05, 0) is 55.1 Å². The third kappa shape index (κ3) is 4.73. The second kappa shape index (κ2) is 9.71. The van der Waals surface area contributed by atoms with Gasteiger partial charge in [0.15, 0.2) is 5.13 Å². The van der Waals surface area contributed by atoms with Crippen LogP contribution in [0.4, 0.5) is 5.13 Å². The molecule has 0 spiro atoms. The van der Waals surface area contributed by atoms with E-state index >= 15 is 0 Å². The van der Waals surface area contributed by atoms with Gasteiger partial charge in [0, 0.05) is 36.6 Å². The maximum absolute atomic E-state index is 12.9. The second-order valence-corrected chi connectivity index (χ2v) is 9.22. The van der Waals surface area contributed by atoms with Crippen molar-refractivity contribution in [2.75, 3.05) is 43.9 Å². The summed E-state index contributed by atoms with van der Waals surface area (Å²) in [5.74, 6) is 0.911. The maximum Gasteiger partial charge on any atom is 0.253 e. The topological polar surface area (TPSA) is 45.7 Å². The summed E-state index contributed by atoms with van der Waals surface area (Å²) in [6, 6.07) is 13.9. The zero-order valence-electron chi connectivity index (χ0n) is 17.5. The zero-order valence-corrected chi connectivity index (χ0v) is 19.1. The van der Waals surface area contributed by atoms with Crippen molar-refractivity contribution in [1.82, 2.24) is 9.88 Å². The van der Waals surface area contributed by atoms with E-state index in [1.807, 2.05) is 29.2 Å². The lowest BCUT2D eigenvalue weighted by Gasteiger charge is -2.34. The van der Waals surface area contributed by atoms with Gasteiger partial charge in [-0.3, -0.25) is 4.79 Å². The fourth-order valence-corrected chi connectivity index (χ4v) is 5.04. The van der Waals surface area contributed by atoms with Crippen LogP contribution in [-0.4, -0.2) is 54.8 Å². The molecule has 1 amide bonds. The predicted molar refractivity (Wildman–Crippen MR) is 126 cm³/mol. The highest BCUT2D eigenvalue weighted by molar-refractivity contribution is 7.98. The van der Waals surface area contributed by atoms with Crippen molar-refractivity contribution in [3.05, 3.63) is 48.0 Å². The summed E-state index contributed by atoms with van der Waals surface area (Å²) in [7, 11) is 0. The van der Waals surface area contributed by atoms with Gasteiger partial charge in [0.2, 0.25) is 0 Å². The Balaban J connectivity index is 1.35. The quantitative estimate of drug-likeness (QED) is 0.374. The van der Waals surface area contributed by atoms with Crippen LogP contribution >= 0.6 is 23.1 Å². The van der Waals surface area contributed by atoms with E-state index in [1.54, 1.807) is 23.1 Å². The van der Waals surface area contributed by atoms with Crippen molar-refractivity contribution in [3.63, 3.8) is 0 Å². The predicted octanol–water partition coefficient (Wildman–Crippen LogP) is 5.16. The fraction of sp³-hybridized carbons (Fsp3) is 0.391. The molecule has 0 atom stereocenters. The number of aromatic nitrogens is 1. The van der Waals surface area contributed by atoms with Gasteiger partial charge in [0.1, 0.15) is 5.75 Å². The number of thioether (sulfide) groups is 1. The molecule has 1 aromatic heterocycles. The highest BCUT2D eigenvalue weighted by Crippen LogP contribution is 2.32. The first-order chi connectivity index (χ1) is 14.7. The number of piperazine rings is 1. The number of ether oxygens (including phenoxy) is 1. The van der Waals surface area contributed by atoms with Crippen molar-refractivity contribution < 1.29 is 9.53 Å². The summed E-state index contributed by atoms with van der Waals surface area (Å²) in [4.78, 5) is 23.2. The molecule has 1 fully saturated rings. The van der Waals surface area contributed by atoms with Crippen LogP contribution in [-0.2, 0) is 0 Å². The monoisotopic (exact) mass is 441 g/mol. The molecule has 4 rings (SSSR count). The van der Waals surface area contributed by atoms with Gasteiger partial charge in [-0.15, -0.1) is 11.8 Å². The van der Waals surface area contributed by atoms with Crippen molar-refractivity contribution >= 4 is 44.4 Å². The van der Waals surface area contributed by atoms with Crippen LogP contribution in [0.15, 0.2) is 47.4 Å². The number of carbonyl (C=O) groups excluding carboxylic acids is 1. The smallest absolute Gasteiger partial charge is 0.253 e. The van der Waals surface area contributed by atoms with Crippen LogP contribution in [0.1, 0.15) is 30.1 Å². The average Bonchev–Trinajstić information content (AvgIpc) is 3.22. The van der Waals surface area contributed by atoms with Gasteiger partial charge in [0.25, 0.3) is 5.91 Å². The van der Waals surface area contributed by atoms with E-state index in [0.717, 1.165) is 54.5 Å². The Morgan fingerprint density at radius 1 is 1.13 bits per heavy atom. The van der Waals surface area contributed by atoms with Crippen LogP contribution in [0.3, 0.4) is 0 Å². The van der Waals surface area contributed by atoms with Crippen molar-refractivity contribution in [2.45, 2.75) is 24.7 Å². The summed E-state index contributed by atoms with van der Waals surface area (Å²) >= 11 is 3.48. The lowest BCUT2D eigenvalue weighted by atomic mass is 10.1. The Hall–Kier alpha value is -2.25. The summed E-state index contributed by atoms with van der Waals surface area (Å²) in [6.45, 7) is 5.89. The van der Waals surface area contributed by atoms with Crippen molar-refractivity contribution in [2.24, 2.45) is 0 Å². The first kappa shape index (κ1) is 21.0. The summed E-state index contributed by atoms with van der Waals surface area (Å²) in [5.41, 5.74) is 1.77. The van der Waals surface area contributed by atoms with E-state index < -0.39 is 0 Å². The van der Waals surface area contributed by atoms with Gasteiger partial charge in [-0.2, -0.15) is 0 Å². The molecule has 1 aliphatic heterocycles. The molecule has 0 unspecified atom stereocenters. The first-order valence-corrected chi connectivity index (χ1v) is 12.4. The van der Waals surface area contributed by atoms with Crippen molar-refractivity contribution in [3.8, 4) is 5.75 Å². The van der Waals surface area contributed by atoms with Gasteiger partial charge < -0.3 is 14.5 Å². The molecule has 2 heterocycles. The third-order valence-electron chi connectivity index (χ3n) is 5.29. The number of fused-ring (bicyclic) bond motifs is 1. The SMILES string of the molecule is CCCCOc1ccc(C(=O)N2CCN(c3nc4ccc(SC)cc4s3)CC2)cc1. The minimum absolute atomic E-state index is 0.0867. The molecular weight excluding hydrogens is 414 g/mol. The van der Waals surface area contributed by atoms with E-state index in [4.69, 9.17) is 9.72 Å². The van der Waals surface area contributed by atoms with Crippen LogP contribution in [0.25, 0.3) is 10.2 Å². The van der Waals surface area contributed by atoms with Crippen LogP contribution < -0.4 is 9.64 Å². The summed E-state index contributed by atoms with van der Waals surface area (Å²) in [5, 5.41) is 1.05. The summed E-state index contributed by atoms with van der Waals surface area (Å²) < 4.78 is 6.91. The van der Waals surface area contributed by atoms with Gasteiger partial charge in [0.05, 0.1) is 16.8 Å². The molecule has 1 saturated heterocycles. The minimum atomic E-state index is 0.0867. The molecule has 5 nitrogen and oxygen atoms in total. The van der Waals surface area contributed by atoms with E-state index in [-0.39, 0.29) is 5.91 Å². The number of amides is 1. The molecule has 0 bridgehead atoms. The van der Waals surface area contributed by atoms with Gasteiger partial charge in [-0.1, -0.05) is 24.7 Å². The zero-order chi connectivity index (χ0) is 20.9. The fourth-order valence-electron chi connectivity index (χ4n) is 3.47. The largest absolute Gasteiger partial charge is 0.494 e. The number of benzene rings is 2. The molecule has 7 heteroatoms. The van der Waals surface area contributed by atoms with E-state index in [0.29, 0.717) is 13.1 Å². The molecule has 3 aromatic rings. The first-order valence-electron chi connectivity index (χ1n) is 10.4. The standard InChI is InChI=1S/C23H27N3O2S2/c1-3-4-15-28-18-7-5-17(6-8-18)22(27)25-11-13-26(14-12-25)23-24-20-10-9-19(29-2)16-21(20)30-23/h5-10,16H,3-4,11-15H2,1-2H3. The van der Waals surface area contributed by atoms with E-state index in [1.165, 1.54) is 9.60 Å². The van der Waals surface area contributed by atoms with Crippen LogP contribution in [0.5, 0.6) is 5.75 Å². The Morgan fingerprint density at radius 2 is 1.90 bits per heavy atom. The van der Waals surface area contributed by atoms with Gasteiger partial charge in [-0.25, -0.2) is 4.98 Å². The Labute approximate surface area is 186 Å². The molecule has 0 radical (unpaired) electrons. The number of carbonyl (C=O) groups is 1. The minimum Gasteiger partial charge on any atom is -0.494 e. The third-order valence-corrected chi connectivity index (χ3v) is 7.09. The second-order valence-electron chi connectivity index (χ2n) is 7.34. The molecule has 0 aliphatic carbocycles. The Bertz CT molecular complexity index is 995. The van der Waals surface area contributed by atoms with Crippen LogP contribution in [0, 0.1) is 0 Å². The van der Waals surface area contributed by atoms with Crippen LogP contribution in [0.2, 0.25) is 0 Å². The summed E-state index contributed by atoms with van der Waals surface area (Å²) in [6.07, 6.45) is 4.24. The Kier molecular flexibility index (Phi) is 6.79. The average molecular weight is 442 g/mol. The lowest BCUT2D eigenvalue weighted by Crippen LogP contribution is -2.48. The normalized spacial score (nSPS) is 14.3. The highest BCUT2D eigenvalue weighted by Gasteiger charge is 2.24. The molecule has 2 aromatic carbocycles. The molecule has 0 N–H and O–H groups in total. The highest BCUT2D eigenvalue weighted by atomic mass is 32.2. The molecule has 30 heavy (non-hydrogen) atoms. The number of hydrogen-bond acceptors (Lipinski definition) is 6. The maximum atomic E-state index is 12.9. The number of thiazole rings is 1.